The van der Waals surface area contributed by atoms with Crippen LogP contribution < -0.4 is 5.73 Å². The van der Waals surface area contributed by atoms with E-state index in [-0.39, 0.29) is 11.9 Å². The monoisotopic (exact) mass is 229 g/mol. The Morgan fingerprint density at radius 3 is 2.67 bits per heavy atom. The number of nitrogens with two attached hydrogens (primary N) is 1. The topological polar surface area (TPSA) is 26.0 Å². The Hall–Kier alpha value is -0.600. The molecule has 0 heterocycles. The van der Waals surface area contributed by atoms with Crippen LogP contribution in [0.25, 0.3) is 0 Å². The molecule has 0 saturated heterocycles. The molecule has 15 heavy (non-hydrogen) atoms. The summed E-state index contributed by atoms with van der Waals surface area (Å²) in [6.07, 6.45) is 1.43. The second-order valence-electron chi connectivity index (χ2n) is 4.18. The molecule has 1 atom stereocenters. The van der Waals surface area contributed by atoms with Crippen molar-refractivity contribution in [1.29, 1.82) is 0 Å². The predicted octanol–water partition coefficient (Wildman–Crippen LogP) is 3.40. The van der Waals surface area contributed by atoms with Crippen molar-refractivity contribution < 1.29 is 4.39 Å². The summed E-state index contributed by atoms with van der Waals surface area (Å²) in [6.45, 7) is 4.14. The fraction of sp³-hybridized carbons (Fsp3) is 0.500. The van der Waals surface area contributed by atoms with Crippen molar-refractivity contribution in [1.82, 2.24) is 0 Å². The van der Waals surface area contributed by atoms with E-state index in [2.05, 4.69) is 13.8 Å². The van der Waals surface area contributed by atoms with Crippen LogP contribution in [0.3, 0.4) is 0 Å². The number of rotatable bonds is 4. The fourth-order valence-electron chi connectivity index (χ4n) is 1.39. The Labute approximate surface area is 95.4 Å². The van der Waals surface area contributed by atoms with Gasteiger partial charge in [0.05, 0.1) is 0 Å². The SMILES string of the molecule is CC(C)C(N)CCc1cc(Cl)ccc1F. The minimum Gasteiger partial charge on any atom is -0.327 e. The van der Waals surface area contributed by atoms with Crippen LogP contribution in [0.5, 0.6) is 0 Å². The largest absolute Gasteiger partial charge is 0.327 e. The third kappa shape index (κ3) is 3.80. The Kier molecular flexibility index (Phi) is 4.55. The van der Waals surface area contributed by atoms with Gasteiger partial charge in [0.25, 0.3) is 0 Å². The molecule has 0 aliphatic rings. The molecule has 1 aromatic rings. The van der Waals surface area contributed by atoms with Gasteiger partial charge in [-0.25, -0.2) is 4.39 Å². The van der Waals surface area contributed by atoms with Gasteiger partial charge in [-0.15, -0.1) is 0 Å². The van der Waals surface area contributed by atoms with Crippen LogP contribution in [-0.4, -0.2) is 6.04 Å². The van der Waals surface area contributed by atoms with E-state index in [4.69, 9.17) is 17.3 Å². The number of hydrogen-bond donors (Lipinski definition) is 1. The summed E-state index contributed by atoms with van der Waals surface area (Å²) in [4.78, 5) is 0. The zero-order valence-corrected chi connectivity index (χ0v) is 9.89. The van der Waals surface area contributed by atoms with E-state index in [0.29, 0.717) is 22.9 Å². The van der Waals surface area contributed by atoms with Crippen LogP contribution in [-0.2, 0) is 6.42 Å². The maximum absolute atomic E-state index is 13.3. The Morgan fingerprint density at radius 1 is 1.40 bits per heavy atom. The summed E-state index contributed by atoms with van der Waals surface area (Å²) in [7, 11) is 0. The lowest BCUT2D eigenvalue weighted by Crippen LogP contribution is -2.26. The minimum atomic E-state index is -0.199. The van der Waals surface area contributed by atoms with E-state index in [0.717, 1.165) is 6.42 Å². The van der Waals surface area contributed by atoms with Gasteiger partial charge in [0.1, 0.15) is 5.82 Å². The molecular formula is C12H17ClFN. The zero-order chi connectivity index (χ0) is 11.4. The fourth-order valence-corrected chi connectivity index (χ4v) is 1.59. The molecule has 0 aliphatic heterocycles. The summed E-state index contributed by atoms with van der Waals surface area (Å²) >= 11 is 5.80. The summed E-state index contributed by atoms with van der Waals surface area (Å²) in [5.41, 5.74) is 6.55. The maximum Gasteiger partial charge on any atom is 0.126 e. The van der Waals surface area contributed by atoms with E-state index >= 15 is 0 Å². The van der Waals surface area contributed by atoms with Crippen molar-refractivity contribution >= 4 is 11.6 Å². The molecule has 0 aromatic heterocycles. The molecule has 0 saturated carbocycles. The maximum atomic E-state index is 13.3. The van der Waals surface area contributed by atoms with Gasteiger partial charge in [0.15, 0.2) is 0 Å². The Morgan fingerprint density at radius 2 is 2.07 bits per heavy atom. The van der Waals surface area contributed by atoms with Gasteiger partial charge >= 0.3 is 0 Å². The molecule has 1 rings (SSSR count). The highest BCUT2D eigenvalue weighted by Crippen LogP contribution is 2.17. The van der Waals surface area contributed by atoms with Crippen LogP contribution in [0.2, 0.25) is 5.02 Å². The highest BCUT2D eigenvalue weighted by molar-refractivity contribution is 6.30. The Bertz CT molecular complexity index is 325. The van der Waals surface area contributed by atoms with Crippen molar-refractivity contribution in [3.8, 4) is 0 Å². The van der Waals surface area contributed by atoms with Crippen LogP contribution >= 0.6 is 11.6 Å². The third-order valence-corrected chi connectivity index (χ3v) is 2.85. The lowest BCUT2D eigenvalue weighted by molar-refractivity contribution is 0.460. The van der Waals surface area contributed by atoms with Crippen LogP contribution in [0, 0.1) is 11.7 Å². The first kappa shape index (κ1) is 12.5. The van der Waals surface area contributed by atoms with Gasteiger partial charge in [0, 0.05) is 11.1 Å². The predicted molar refractivity (Wildman–Crippen MR) is 62.5 cm³/mol. The van der Waals surface area contributed by atoms with Gasteiger partial charge in [-0.1, -0.05) is 25.4 Å². The number of aryl methyl sites for hydroxylation is 1. The average Bonchev–Trinajstić information content (AvgIpc) is 2.18. The highest BCUT2D eigenvalue weighted by Gasteiger charge is 2.09. The van der Waals surface area contributed by atoms with Gasteiger partial charge in [0.2, 0.25) is 0 Å². The van der Waals surface area contributed by atoms with Crippen molar-refractivity contribution in [2.75, 3.05) is 0 Å². The molecule has 0 amide bonds. The Balaban J connectivity index is 2.61. The first-order valence-corrected chi connectivity index (χ1v) is 5.58. The summed E-state index contributed by atoms with van der Waals surface area (Å²) in [5, 5.41) is 0.574. The average molecular weight is 230 g/mol. The van der Waals surface area contributed by atoms with Crippen LogP contribution in [0.15, 0.2) is 18.2 Å². The van der Waals surface area contributed by atoms with E-state index in [1.165, 1.54) is 6.07 Å². The van der Waals surface area contributed by atoms with Crippen LogP contribution in [0.1, 0.15) is 25.8 Å². The van der Waals surface area contributed by atoms with Gasteiger partial charge in [-0.2, -0.15) is 0 Å². The number of halogens is 2. The van der Waals surface area contributed by atoms with E-state index in [9.17, 15) is 4.39 Å². The van der Waals surface area contributed by atoms with E-state index in [1.54, 1.807) is 12.1 Å². The van der Waals surface area contributed by atoms with Crippen molar-refractivity contribution in [3.05, 3.63) is 34.6 Å². The number of hydrogen-bond acceptors (Lipinski definition) is 1. The molecule has 0 spiro atoms. The van der Waals surface area contributed by atoms with Gasteiger partial charge in [-0.05, 0) is 42.5 Å². The van der Waals surface area contributed by atoms with Crippen molar-refractivity contribution in [2.24, 2.45) is 11.7 Å². The summed E-state index contributed by atoms with van der Waals surface area (Å²) in [5.74, 6) is 0.225. The molecule has 1 aromatic carbocycles. The molecule has 1 unspecified atom stereocenters. The molecular weight excluding hydrogens is 213 g/mol. The normalized spacial score (nSPS) is 13.2. The molecule has 1 nitrogen and oxygen atoms in total. The molecule has 2 N–H and O–H groups in total. The lowest BCUT2D eigenvalue weighted by atomic mass is 9.97. The molecule has 0 aliphatic carbocycles. The van der Waals surface area contributed by atoms with Gasteiger partial charge < -0.3 is 5.73 Å². The highest BCUT2D eigenvalue weighted by atomic mass is 35.5. The van der Waals surface area contributed by atoms with Crippen molar-refractivity contribution in [3.63, 3.8) is 0 Å². The second-order valence-corrected chi connectivity index (χ2v) is 4.62. The second kappa shape index (κ2) is 5.47. The molecule has 0 fully saturated rings. The first-order valence-electron chi connectivity index (χ1n) is 5.20. The summed E-state index contributed by atoms with van der Waals surface area (Å²) < 4.78 is 13.3. The van der Waals surface area contributed by atoms with Crippen LogP contribution in [0.4, 0.5) is 4.39 Å². The lowest BCUT2D eigenvalue weighted by Gasteiger charge is -2.15. The third-order valence-electron chi connectivity index (χ3n) is 2.61. The molecule has 0 bridgehead atoms. The van der Waals surface area contributed by atoms with Gasteiger partial charge in [-0.3, -0.25) is 0 Å². The summed E-state index contributed by atoms with van der Waals surface area (Å²) in [6, 6.07) is 4.74. The molecule has 0 radical (unpaired) electrons. The molecule has 84 valence electrons. The minimum absolute atomic E-state index is 0.114. The quantitative estimate of drug-likeness (QED) is 0.842. The van der Waals surface area contributed by atoms with Crippen molar-refractivity contribution in [2.45, 2.75) is 32.7 Å². The first-order chi connectivity index (χ1) is 7.00. The van der Waals surface area contributed by atoms with E-state index in [1.807, 2.05) is 0 Å². The molecule has 3 heteroatoms. The smallest absolute Gasteiger partial charge is 0.126 e. The number of benzene rings is 1. The standard InChI is InChI=1S/C12H17ClFN/c1-8(2)12(15)6-3-9-7-10(13)4-5-11(9)14/h4-5,7-8,12H,3,6,15H2,1-2H3. The van der Waals surface area contributed by atoms with E-state index < -0.39 is 0 Å². The zero-order valence-electron chi connectivity index (χ0n) is 9.13.